The summed E-state index contributed by atoms with van der Waals surface area (Å²) in [7, 11) is 1.67. The first-order valence-corrected chi connectivity index (χ1v) is 26.6. The molecule has 73 heavy (non-hydrogen) atoms. The molecule has 5 heterocycles. The highest BCUT2D eigenvalue weighted by molar-refractivity contribution is 5.17. The molecule has 4 aliphatic carbocycles. The molecule has 0 amide bonds. The van der Waals surface area contributed by atoms with Gasteiger partial charge in [0.1, 0.15) is 79.4 Å². The summed E-state index contributed by atoms with van der Waals surface area (Å²) in [5, 5.41) is 128. The summed E-state index contributed by atoms with van der Waals surface area (Å²) < 4.78 is 62.4. The lowest BCUT2D eigenvalue weighted by molar-refractivity contribution is -0.393. The molecule has 12 N–H and O–H groups in total. The van der Waals surface area contributed by atoms with Crippen LogP contribution in [-0.4, -0.2) is 229 Å². The van der Waals surface area contributed by atoms with Crippen molar-refractivity contribution >= 4 is 0 Å². The summed E-state index contributed by atoms with van der Waals surface area (Å²) in [5.74, 6) is 0.0777. The molecule has 0 unspecified atom stereocenters. The fourth-order valence-electron chi connectivity index (χ4n) is 15.5. The number of aliphatic hydroxyl groups is 12. The van der Waals surface area contributed by atoms with Crippen LogP contribution in [0.2, 0.25) is 0 Å². The van der Waals surface area contributed by atoms with Crippen LogP contribution < -0.4 is 0 Å². The van der Waals surface area contributed by atoms with E-state index in [4.69, 9.17) is 47.4 Å². The predicted octanol–water partition coefficient (Wildman–Crippen LogP) is -1.72. The first-order chi connectivity index (χ1) is 34.5. The second kappa shape index (κ2) is 21.8. The van der Waals surface area contributed by atoms with E-state index in [-0.39, 0.29) is 60.7 Å². The fraction of sp³-hybridized carbons (Fsp3) is 0.961. The minimum atomic E-state index is -1.76. The molecule has 22 heteroatoms. The van der Waals surface area contributed by atoms with Gasteiger partial charge in [0.25, 0.3) is 0 Å². The molecule has 31 atom stereocenters. The molecule has 0 aromatic heterocycles. The van der Waals surface area contributed by atoms with Crippen LogP contribution in [0, 0.1) is 46.3 Å². The second-order valence-electron chi connectivity index (χ2n) is 23.6. The third-order valence-electron chi connectivity index (χ3n) is 19.7. The molecule has 22 nitrogen and oxygen atoms in total. The Labute approximate surface area is 426 Å². The summed E-state index contributed by atoms with van der Waals surface area (Å²) in [6.07, 6.45) is -22.5. The molecule has 9 aliphatic rings. The molecule has 0 bridgehead atoms. The number of hydrogen-bond acceptors (Lipinski definition) is 22. The quantitative estimate of drug-likeness (QED) is 0.0862. The molecule has 5 saturated heterocycles. The number of fused-ring (bicyclic) bond motifs is 7. The van der Waals surface area contributed by atoms with Gasteiger partial charge in [0, 0.05) is 25.9 Å². The zero-order valence-electron chi connectivity index (χ0n) is 42.8. The van der Waals surface area contributed by atoms with Crippen LogP contribution in [0.4, 0.5) is 0 Å². The highest BCUT2D eigenvalue weighted by Gasteiger charge is 2.70. The van der Waals surface area contributed by atoms with Gasteiger partial charge in [-0.3, -0.25) is 0 Å². The highest BCUT2D eigenvalue weighted by Crippen LogP contribution is 2.71. The summed E-state index contributed by atoms with van der Waals surface area (Å²) in [5.41, 5.74) is 0.0841. The summed E-state index contributed by atoms with van der Waals surface area (Å²) >= 11 is 0. The van der Waals surface area contributed by atoms with Crippen molar-refractivity contribution < 1.29 is 109 Å². The van der Waals surface area contributed by atoms with Gasteiger partial charge in [-0.15, -0.1) is 0 Å². The Hall–Kier alpha value is -1.14. The molecule has 0 spiro atoms. The van der Waals surface area contributed by atoms with Crippen molar-refractivity contribution in [1.82, 2.24) is 0 Å². The van der Waals surface area contributed by atoms with Crippen LogP contribution in [0.15, 0.2) is 12.2 Å². The average Bonchev–Trinajstić information content (AvgIpc) is 3.82. The predicted molar refractivity (Wildman–Crippen MR) is 249 cm³/mol. The molecular formula is C51H84O22. The van der Waals surface area contributed by atoms with Gasteiger partial charge >= 0.3 is 0 Å². The van der Waals surface area contributed by atoms with E-state index in [9.17, 15) is 61.3 Å². The van der Waals surface area contributed by atoms with Crippen LogP contribution in [0.5, 0.6) is 0 Å². The minimum Gasteiger partial charge on any atom is -0.394 e. The van der Waals surface area contributed by atoms with Crippen molar-refractivity contribution in [3.8, 4) is 0 Å². The van der Waals surface area contributed by atoms with Gasteiger partial charge in [0.2, 0.25) is 0 Å². The Balaban J connectivity index is 0.919. The third kappa shape index (κ3) is 9.94. The molecule has 4 saturated carbocycles. The molecular weight excluding hydrogens is 965 g/mol. The van der Waals surface area contributed by atoms with Gasteiger partial charge in [-0.1, -0.05) is 32.9 Å². The number of aliphatic hydroxyl groups excluding tert-OH is 12. The van der Waals surface area contributed by atoms with Crippen molar-refractivity contribution in [3.05, 3.63) is 12.2 Å². The Kier molecular flexibility index (Phi) is 16.9. The number of hydrogen-bond donors (Lipinski definition) is 12. The van der Waals surface area contributed by atoms with Gasteiger partial charge in [-0.2, -0.15) is 0 Å². The van der Waals surface area contributed by atoms with E-state index in [0.29, 0.717) is 30.8 Å². The smallest absolute Gasteiger partial charge is 0.187 e. The molecule has 9 rings (SSSR count). The molecule has 0 aromatic rings. The maximum Gasteiger partial charge on any atom is 0.187 e. The largest absolute Gasteiger partial charge is 0.394 e. The molecule has 420 valence electrons. The van der Waals surface area contributed by atoms with Gasteiger partial charge in [0.05, 0.1) is 50.3 Å². The van der Waals surface area contributed by atoms with Crippen LogP contribution in [0.25, 0.3) is 0 Å². The van der Waals surface area contributed by atoms with E-state index in [2.05, 4.69) is 27.4 Å². The lowest BCUT2D eigenvalue weighted by Crippen LogP contribution is -2.67. The topological polar surface area (TPSA) is 335 Å². The molecule has 5 aliphatic heterocycles. The summed E-state index contributed by atoms with van der Waals surface area (Å²) in [6.45, 7) is 13.2. The van der Waals surface area contributed by atoms with Gasteiger partial charge in [-0.25, -0.2) is 0 Å². The van der Waals surface area contributed by atoms with E-state index < -0.39 is 147 Å². The van der Waals surface area contributed by atoms with Crippen LogP contribution >= 0.6 is 0 Å². The lowest BCUT2D eigenvalue weighted by atomic mass is 9.43. The summed E-state index contributed by atoms with van der Waals surface area (Å²) in [4.78, 5) is 0. The average molecular weight is 1050 g/mol. The van der Waals surface area contributed by atoms with Crippen LogP contribution in [-0.2, 0) is 47.4 Å². The van der Waals surface area contributed by atoms with E-state index in [1.165, 1.54) is 6.92 Å². The number of rotatable bonds is 14. The Morgan fingerprint density at radius 2 is 1.32 bits per heavy atom. The first-order valence-electron chi connectivity index (χ1n) is 26.6. The van der Waals surface area contributed by atoms with E-state index in [1.807, 2.05) is 0 Å². The SMILES string of the molecule is C=C(CC[C@@]1(OC)O[C@H]2C[C@H]3[C@@H]4CC[C@H]5C[C@@H](O)C[C@@H](O[C@@H]6O[C@H](C)[C@H](O)[C@H](O[C@@H]7OC[C@@H](O)[C@H](O)[C@H]7O)[C@H]6O[C@@H]6O[C@@H](C)[C@H](O)[C@@H](O)[C@H]6O)[C@]5(C)[C@H]4CC[C@]3(C)[C@H]2[C@@H]1C)CO[C@@H]1O[C@H](CO)[C@@H](O)[C@H](O)[C@H]1O. The standard InChI is InChI=1S/C51H84O22/c1-20(18-65-45-41(62)39(60)37(58)31(17-52)69-45)10-13-51(64-7)21(2)33-30(73-51)16-28-26-9-8-24-14-25(53)15-32(50(24,6)27(26)11-12-49(28,33)5)70-48-44(72-47-42(63)38(59)34(55)22(3)67-47)43(35(56)23(4)68-48)71-46-40(61)36(57)29(54)19-66-46/h21-48,52-63H,1,8-19H2,2-7H3/t21-,22-,23+,24-,25+,26+,27-,28-,29+,30-,31+,32+,33-,34-,35-,36-,37+,38+,39-,40+,41+,42+,43-,44+,45+,46-,47-,48-,49-,50-,51+/m0/s1. The zero-order valence-corrected chi connectivity index (χ0v) is 42.8. The van der Waals surface area contributed by atoms with E-state index in [0.717, 1.165) is 32.1 Å². The first kappa shape index (κ1) is 56.6. The molecule has 9 fully saturated rings. The second-order valence-corrected chi connectivity index (χ2v) is 23.6. The van der Waals surface area contributed by atoms with E-state index in [1.54, 1.807) is 14.0 Å². The third-order valence-corrected chi connectivity index (χ3v) is 19.7. The number of methoxy groups -OCH3 is 1. The van der Waals surface area contributed by atoms with Crippen LogP contribution in [0.1, 0.15) is 92.4 Å². The van der Waals surface area contributed by atoms with Crippen molar-refractivity contribution in [3.63, 3.8) is 0 Å². The highest BCUT2D eigenvalue weighted by atomic mass is 16.8. The maximum atomic E-state index is 11.7. The Morgan fingerprint density at radius 3 is 2.03 bits per heavy atom. The van der Waals surface area contributed by atoms with Crippen molar-refractivity contribution in [2.24, 2.45) is 46.3 Å². The van der Waals surface area contributed by atoms with Crippen molar-refractivity contribution in [2.45, 2.75) is 233 Å². The van der Waals surface area contributed by atoms with Gasteiger partial charge in [0.15, 0.2) is 30.9 Å². The monoisotopic (exact) mass is 1050 g/mol. The minimum absolute atomic E-state index is 0.00131. The van der Waals surface area contributed by atoms with Gasteiger partial charge in [-0.05, 0) is 99.2 Å². The molecule has 0 aromatic carbocycles. The fourth-order valence-corrected chi connectivity index (χ4v) is 15.5. The Morgan fingerprint density at radius 1 is 0.658 bits per heavy atom. The number of ether oxygens (including phenoxy) is 10. The van der Waals surface area contributed by atoms with Gasteiger partial charge < -0.3 is 109 Å². The van der Waals surface area contributed by atoms with Crippen LogP contribution in [0.3, 0.4) is 0 Å². The summed E-state index contributed by atoms with van der Waals surface area (Å²) in [6, 6.07) is 0. The van der Waals surface area contributed by atoms with Crippen molar-refractivity contribution in [2.75, 3.05) is 26.9 Å². The molecule has 0 radical (unpaired) electrons. The zero-order chi connectivity index (χ0) is 52.8. The van der Waals surface area contributed by atoms with E-state index >= 15 is 0 Å². The van der Waals surface area contributed by atoms with Crippen molar-refractivity contribution in [1.29, 1.82) is 0 Å². The maximum absolute atomic E-state index is 11.7. The lowest BCUT2D eigenvalue weighted by Gasteiger charge is -2.63. The normalized spacial score (nSPS) is 56.1. The Bertz CT molecular complexity index is 1880.